The molecule has 2 rings (SSSR count). The van der Waals surface area contributed by atoms with Crippen molar-refractivity contribution < 1.29 is 0 Å². The molecule has 0 amide bonds. The molecule has 0 fully saturated rings. The number of hydrogen-bond donors (Lipinski definition) is 1. The van der Waals surface area contributed by atoms with Gasteiger partial charge in [-0.05, 0) is 41.4 Å². The average Bonchev–Trinajstić information content (AvgIpc) is 2.51. The van der Waals surface area contributed by atoms with Gasteiger partial charge in [0.25, 0.3) is 0 Å². The topological polar surface area (TPSA) is 26.0 Å². The lowest BCUT2D eigenvalue weighted by atomic mass is 10.1. The average molecular weight is 214 g/mol. The number of halogens is 1. The highest BCUT2D eigenvalue weighted by molar-refractivity contribution is 7.17. The molecule has 0 aliphatic heterocycles. The molecule has 0 saturated carbocycles. The van der Waals surface area contributed by atoms with Crippen molar-refractivity contribution in [1.82, 2.24) is 0 Å². The lowest BCUT2D eigenvalue weighted by Crippen LogP contribution is -2.01. The maximum absolute atomic E-state index is 5.48. The fourth-order valence-corrected chi connectivity index (χ4v) is 2.17. The molecule has 0 bridgehead atoms. The van der Waals surface area contributed by atoms with Gasteiger partial charge in [0.05, 0.1) is 0 Å². The van der Waals surface area contributed by atoms with E-state index in [1.54, 1.807) is 11.3 Å². The summed E-state index contributed by atoms with van der Waals surface area (Å²) in [5.41, 5.74) is 6.82. The minimum atomic E-state index is 0. The van der Waals surface area contributed by atoms with Gasteiger partial charge in [0.2, 0.25) is 0 Å². The van der Waals surface area contributed by atoms with E-state index in [1.807, 2.05) is 0 Å². The molecular formula is C10H12ClNS. The first kappa shape index (κ1) is 10.5. The monoisotopic (exact) mass is 213 g/mol. The molecule has 0 aliphatic rings. The smallest absolute Gasteiger partial charge is 0.0345 e. The summed E-state index contributed by atoms with van der Waals surface area (Å²) >= 11 is 1.79. The van der Waals surface area contributed by atoms with Crippen LogP contribution in [0.1, 0.15) is 5.56 Å². The zero-order valence-corrected chi connectivity index (χ0v) is 8.83. The minimum absolute atomic E-state index is 0. The molecule has 1 nitrogen and oxygen atoms in total. The number of benzene rings is 1. The van der Waals surface area contributed by atoms with E-state index in [4.69, 9.17) is 5.73 Å². The molecule has 0 atom stereocenters. The van der Waals surface area contributed by atoms with Gasteiger partial charge < -0.3 is 5.73 Å². The van der Waals surface area contributed by atoms with Gasteiger partial charge in [-0.25, -0.2) is 0 Å². The summed E-state index contributed by atoms with van der Waals surface area (Å²) in [5, 5.41) is 3.46. The normalized spacial score (nSPS) is 9.92. The zero-order chi connectivity index (χ0) is 8.39. The largest absolute Gasteiger partial charge is 0.330 e. The van der Waals surface area contributed by atoms with Crippen LogP contribution >= 0.6 is 23.7 Å². The van der Waals surface area contributed by atoms with E-state index < -0.39 is 0 Å². The molecule has 70 valence electrons. The fraction of sp³-hybridized carbons (Fsp3) is 0.200. The van der Waals surface area contributed by atoms with Crippen LogP contribution in [0.3, 0.4) is 0 Å². The van der Waals surface area contributed by atoms with Gasteiger partial charge in [-0.15, -0.1) is 23.7 Å². The number of nitrogens with two attached hydrogens (primary N) is 1. The molecule has 1 heterocycles. The molecule has 0 spiro atoms. The predicted molar refractivity (Wildman–Crippen MR) is 61.8 cm³/mol. The maximum Gasteiger partial charge on any atom is 0.0345 e. The first-order valence-electron chi connectivity index (χ1n) is 4.06. The van der Waals surface area contributed by atoms with Crippen molar-refractivity contribution in [3.63, 3.8) is 0 Å². The number of thiophene rings is 1. The standard InChI is InChI=1S/C10H11NS.ClH/c11-5-3-8-1-2-9-4-6-12-10(9)7-8;/h1-2,4,6-7H,3,5,11H2;1H. The van der Waals surface area contributed by atoms with E-state index in [2.05, 4.69) is 29.6 Å². The van der Waals surface area contributed by atoms with Crippen molar-refractivity contribution in [2.75, 3.05) is 6.54 Å². The highest BCUT2D eigenvalue weighted by Crippen LogP contribution is 2.21. The van der Waals surface area contributed by atoms with Crippen LogP contribution in [0, 0.1) is 0 Å². The second-order valence-electron chi connectivity index (χ2n) is 2.83. The quantitative estimate of drug-likeness (QED) is 0.816. The van der Waals surface area contributed by atoms with Crippen LogP contribution in [0.2, 0.25) is 0 Å². The molecule has 2 aromatic rings. The van der Waals surface area contributed by atoms with Gasteiger partial charge >= 0.3 is 0 Å². The first-order valence-corrected chi connectivity index (χ1v) is 4.94. The summed E-state index contributed by atoms with van der Waals surface area (Å²) in [6.07, 6.45) is 0.980. The lowest BCUT2D eigenvalue weighted by Gasteiger charge is -1.97. The maximum atomic E-state index is 5.48. The summed E-state index contributed by atoms with van der Waals surface area (Å²) in [6.45, 7) is 0.733. The summed E-state index contributed by atoms with van der Waals surface area (Å²) in [7, 11) is 0. The van der Waals surface area contributed by atoms with Crippen LogP contribution < -0.4 is 5.73 Å². The van der Waals surface area contributed by atoms with Crippen molar-refractivity contribution in [3.05, 3.63) is 35.2 Å². The number of fused-ring (bicyclic) bond motifs is 1. The first-order chi connectivity index (χ1) is 5.90. The predicted octanol–water partition coefficient (Wildman–Crippen LogP) is 2.82. The van der Waals surface area contributed by atoms with Crippen molar-refractivity contribution in [3.8, 4) is 0 Å². The summed E-state index contributed by atoms with van der Waals surface area (Å²) in [5.74, 6) is 0. The third-order valence-corrected chi connectivity index (χ3v) is 2.83. The molecule has 13 heavy (non-hydrogen) atoms. The Morgan fingerprint density at radius 2 is 2.08 bits per heavy atom. The van der Waals surface area contributed by atoms with Gasteiger partial charge in [-0.2, -0.15) is 0 Å². The van der Waals surface area contributed by atoms with Crippen LogP contribution in [0.5, 0.6) is 0 Å². The van der Waals surface area contributed by atoms with Crippen molar-refractivity contribution in [2.24, 2.45) is 5.73 Å². The van der Waals surface area contributed by atoms with Crippen LogP contribution in [-0.2, 0) is 6.42 Å². The summed E-state index contributed by atoms with van der Waals surface area (Å²) < 4.78 is 1.36. The van der Waals surface area contributed by atoms with Gasteiger partial charge in [-0.1, -0.05) is 12.1 Å². The van der Waals surface area contributed by atoms with Crippen molar-refractivity contribution in [2.45, 2.75) is 6.42 Å². The van der Waals surface area contributed by atoms with E-state index in [1.165, 1.54) is 15.6 Å². The molecule has 2 N–H and O–H groups in total. The molecule has 0 radical (unpaired) electrons. The Balaban J connectivity index is 0.000000845. The Bertz CT molecular complexity index is 383. The van der Waals surface area contributed by atoms with Crippen molar-refractivity contribution in [1.29, 1.82) is 0 Å². The Morgan fingerprint density at radius 1 is 1.23 bits per heavy atom. The van der Waals surface area contributed by atoms with E-state index in [-0.39, 0.29) is 12.4 Å². The van der Waals surface area contributed by atoms with Crippen molar-refractivity contribution >= 4 is 33.8 Å². The zero-order valence-electron chi connectivity index (χ0n) is 7.19. The molecule has 3 heteroatoms. The molecular weight excluding hydrogens is 202 g/mol. The van der Waals surface area contributed by atoms with E-state index >= 15 is 0 Å². The number of rotatable bonds is 2. The van der Waals surface area contributed by atoms with Gasteiger partial charge in [0.1, 0.15) is 0 Å². The lowest BCUT2D eigenvalue weighted by molar-refractivity contribution is 0.971. The Kier molecular flexibility index (Phi) is 3.72. The van der Waals surface area contributed by atoms with Crippen LogP contribution in [-0.4, -0.2) is 6.54 Å². The highest BCUT2D eigenvalue weighted by atomic mass is 35.5. The van der Waals surface area contributed by atoms with E-state index in [0.29, 0.717) is 0 Å². The van der Waals surface area contributed by atoms with Gasteiger partial charge in [-0.3, -0.25) is 0 Å². The number of hydrogen-bond acceptors (Lipinski definition) is 2. The van der Waals surface area contributed by atoms with Gasteiger partial charge in [0.15, 0.2) is 0 Å². The van der Waals surface area contributed by atoms with Crippen LogP contribution in [0.4, 0.5) is 0 Å². The Morgan fingerprint density at radius 3 is 2.85 bits per heavy atom. The van der Waals surface area contributed by atoms with E-state index in [9.17, 15) is 0 Å². The Hall–Kier alpha value is -0.570. The minimum Gasteiger partial charge on any atom is -0.330 e. The van der Waals surface area contributed by atoms with E-state index in [0.717, 1.165) is 13.0 Å². The SMILES string of the molecule is Cl.NCCc1ccc2ccsc2c1. The van der Waals surface area contributed by atoms with Crippen LogP contribution in [0.15, 0.2) is 29.6 Å². The molecule has 1 aromatic carbocycles. The second-order valence-corrected chi connectivity index (χ2v) is 3.78. The Labute approximate surface area is 88.0 Å². The highest BCUT2D eigenvalue weighted by Gasteiger charge is 1.95. The van der Waals surface area contributed by atoms with Gasteiger partial charge in [0, 0.05) is 4.70 Å². The van der Waals surface area contributed by atoms with Crippen LogP contribution in [0.25, 0.3) is 10.1 Å². The fourth-order valence-electron chi connectivity index (χ4n) is 1.32. The molecule has 0 aliphatic carbocycles. The summed E-state index contributed by atoms with van der Waals surface area (Å²) in [6, 6.07) is 8.69. The molecule has 0 unspecified atom stereocenters. The second kappa shape index (κ2) is 4.61. The molecule has 1 aromatic heterocycles. The molecule has 0 saturated heterocycles. The third-order valence-electron chi connectivity index (χ3n) is 1.95. The third kappa shape index (κ3) is 2.21. The summed E-state index contributed by atoms with van der Waals surface area (Å²) in [4.78, 5) is 0.